The van der Waals surface area contributed by atoms with Crippen molar-refractivity contribution in [1.29, 1.82) is 0 Å². The molecule has 1 aromatic heterocycles. The van der Waals surface area contributed by atoms with E-state index in [9.17, 15) is 9.59 Å². The zero-order valence-electron chi connectivity index (χ0n) is 17.9. The van der Waals surface area contributed by atoms with E-state index in [0.717, 1.165) is 23.7 Å². The molecule has 7 nitrogen and oxygen atoms in total. The fraction of sp³-hybridized carbons (Fsp3) is 0.545. The largest absolute Gasteiger partial charge is 0.444 e. The first-order chi connectivity index (χ1) is 14.1. The number of rotatable bonds is 5. The lowest BCUT2D eigenvalue weighted by atomic mass is 9.82. The minimum Gasteiger partial charge on any atom is -0.444 e. The standard InChI is InChI=1S/C22H30ClN3O4/c1-22(2,3)30-21(28)26-18-9-13(12-29-4)5-7-17(18)25-20(27)19-11-14-10-15(23)6-8-16(14)24-19/h6,8,10-11,13,17-18,24H,5,7,9,12H2,1-4H3,(H,25,27)(H,26,28)/t13-,17?,18?/m1/s1. The van der Waals surface area contributed by atoms with Crippen molar-refractivity contribution in [3.8, 4) is 0 Å². The summed E-state index contributed by atoms with van der Waals surface area (Å²) in [7, 11) is 1.67. The van der Waals surface area contributed by atoms with Crippen molar-refractivity contribution in [2.45, 2.75) is 57.7 Å². The summed E-state index contributed by atoms with van der Waals surface area (Å²) in [6.45, 7) is 6.09. The lowest BCUT2D eigenvalue weighted by Gasteiger charge is -2.37. The molecular weight excluding hydrogens is 406 g/mol. The second kappa shape index (κ2) is 9.27. The molecule has 1 heterocycles. The van der Waals surface area contributed by atoms with E-state index in [1.807, 2.05) is 32.9 Å². The maximum Gasteiger partial charge on any atom is 0.407 e. The molecule has 1 aliphatic carbocycles. The number of amides is 2. The van der Waals surface area contributed by atoms with Crippen molar-refractivity contribution in [2.75, 3.05) is 13.7 Å². The van der Waals surface area contributed by atoms with E-state index in [0.29, 0.717) is 29.7 Å². The van der Waals surface area contributed by atoms with E-state index in [1.165, 1.54) is 0 Å². The van der Waals surface area contributed by atoms with Crippen molar-refractivity contribution >= 4 is 34.5 Å². The summed E-state index contributed by atoms with van der Waals surface area (Å²) in [6, 6.07) is 6.78. The van der Waals surface area contributed by atoms with Gasteiger partial charge >= 0.3 is 6.09 Å². The van der Waals surface area contributed by atoms with Gasteiger partial charge in [-0.05, 0) is 70.2 Å². The van der Waals surface area contributed by atoms with E-state index < -0.39 is 11.7 Å². The Morgan fingerprint density at radius 3 is 2.63 bits per heavy atom. The topological polar surface area (TPSA) is 92.5 Å². The van der Waals surface area contributed by atoms with Crippen LogP contribution in [0.15, 0.2) is 24.3 Å². The van der Waals surface area contributed by atoms with Gasteiger partial charge in [0.15, 0.2) is 0 Å². The molecule has 3 atom stereocenters. The molecule has 1 saturated carbocycles. The Balaban J connectivity index is 1.71. The van der Waals surface area contributed by atoms with E-state index in [2.05, 4.69) is 15.6 Å². The Bertz CT molecular complexity index is 905. The van der Waals surface area contributed by atoms with Crippen LogP contribution in [0.2, 0.25) is 5.02 Å². The maximum absolute atomic E-state index is 12.9. The van der Waals surface area contributed by atoms with Crippen LogP contribution >= 0.6 is 11.6 Å². The van der Waals surface area contributed by atoms with E-state index in [-0.39, 0.29) is 18.0 Å². The number of hydrogen-bond acceptors (Lipinski definition) is 4. The third-order valence-electron chi connectivity index (χ3n) is 5.21. The molecule has 0 aliphatic heterocycles. The van der Waals surface area contributed by atoms with E-state index in [1.54, 1.807) is 19.2 Å². The first kappa shape index (κ1) is 22.4. The Labute approximate surface area is 181 Å². The van der Waals surface area contributed by atoms with Crippen LogP contribution in [-0.4, -0.2) is 48.4 Å². The number of H-pyrrole nitrogens is 1. The second-order valence-electron chi connectivity index (χ2n) is 8.88. The molecule has 2 amide bonds. The number of halogens is 1. The van der Waals surface area contributed by atoms with Gasteiger partial charge in [-0.15, -0.1) is 0 Å². The van der Waals surface area contributed by atoms with Crippen molar-refractivity contribution in [3.05, 3.63) is 35.0 Å². The van der Waals surface area contributed by atoms with E-state index in [4.69, 9.17) is 21.1 Å². The Morgan fingerprint density at radius 2 is 1.93 bits per heavy atom. The molecule has 0 bridgehead atoms. The van der Waals surface area contributed by atoms with E-state index >= 15 is 0 Å². The number of benzene rings is 1. The SMILES string of the molecule is COC[C@@H]1CCC(NC(=O)c2cc3cc(Cl)ccc3[nH]2)C(NC(=O)OC(C)(C)C)C1. The summed E-state index contributed by atoms with van der Waals surface area (Å²) < 4.78 is 10.7. The first-order valence-corrected chi connectivity index (χ1v) is 10.6. The number of nitrogens with one attached hydrogen (secondary N) is 3. The molecule has 2 aromatic rings. The zero-order valence-corrected chi connectivity index (χ0v) is 18.6. The van der Waals surface area contributed by atoms with Crippen LogP contribution in [0.4, 0.5) is 4.79 Å². The van der Waals surface area contributed by atoms with Crippen molar-refractivity contribution in [2.24, 2.45) is 5.92 Å². The number of carbonyl (C=O) groups is 2. The third-order valence-corrected chi connectivity index (χ3v) is 5.44. The molecule has 3 rings (SSSR count). The highest BCUT2D eigenvalue weighted by molar-refractivity contribution is 6.31. The highest BCUT2D eigenvalue weighted by Gasteiger charge is 2.34. The molecule has 3 N–H and O–H groups in total. The maximum atomic E-state index is 12.9. The number of methoxy groups -OCH3 is 1. The number of fused-ring (bicyclic) bond motifs is 1. The number of hydrogen-bond donors (Lipinski definition) is 3. The lowest BCUT2D eigenvalue weighted by molar-refractivity contribution is 0.0436. The lowest BCUT2D eigenvalue weighted by Crippen LogP contribution is -2.55. The number of carbonyl (C=O) groups excluding carboxylic acids is 2. The van der Waals surface area contributed by atoms with Crippen LogP contribution in [0.25, 0.3) is 10.9 Å². The zero-order chi connectivity index (χ0) is 21.9. The predicted molar refractivity (Wildman–Crippen MR) is 117 cm³/mol. The summed E-state index contributed by atoms with van der Waals surface area (Å²) in [4.78, 5) is 28.4. The van der Waals surface area contributed by atoms with Gasteiger partial charge in [0.2, 0.25) is 0 Å². The molecule has 30 heavy (non-hydrogen) atoms. The van der Waals surface area contributed by atoms with Crippen LogP contribution in [0.5, 0.6) is 0 Å². The average Bonchev–Trinajstić information content (AvgIpc) is 3.05. The Morgan fingerprint density at radius 1 is 1.17 bits per heavy atom. The van der Waals surface area contributed by atoms with Crippen molar-refractivity contribution < 1.29 is 19.1 Å². The molecule has 1 aliphatic rings. The molecule has 0 spiro atoms. The summed E-state index contributed by atoms with van der Waals surface area (Å²) in [6.07, 6.45) is 1.88. The van der Waals surface area contributed by atoms with Gasteiger partial charge in [0.1, 0.15) is 11.3 Å². The van der Waals surface area contributed by atoms with Crippen LogP contribution in [-0.2, 0) is 9.47 Å². The minimum atomic E-state index is -0.588. The summed E-state index contributed by atoms with van der Waals surface area (Å²) in [5.41, 5.74) is 0.716. The number of aromatic nitrogens is 1. The van der Waals surface area contributed by atoms with Crippen LogP contribution < -0.4 is 10.6 Å². The quantitative estimate of drug-likeness (QED) is 0.654. The van der Waals surface area contributed by atoms with Crippen LogP contribution in [0.3, 0.4) is 0 Å². The number of ether oxygens (including phenoxy) is 2. The number of alkyl carbamates (subject to hydrolysis) is 1. The highest BCUT2D eigenvalue weighted by Crippen LogP contribution is 2.26. The van der Waals surface area contributed by atoms with Crippen LogP contribution in [0.1, 0.15) is 50.5 Å². The molecule has 1 aromatic carbocycles. The molecule has 8 heteroatoms. The Hall–Kier alpha value is -2.25. The third kappa shape index (κ3) is 5.89. The summed E-state index contributed by atoms with van der Waals surface area (Å²) in [5, 5.41) is 7.52. The van der Waals surface area contributed by atoms with Gasteiger partial charge in [0.05, 0.1) is 6.04 Å². The molecule has 2 unspecified atom stereocenters. The molecule has 1 fully saturated rings. The van der Waals surface area contributed by atoms with Crippen molar-refractivity contribution in [3.63, 3.8) is 0 Å². The van der Waals surface area contributed by atoms with Gasteiger partial charge in [-0.3, -0.25) is 4.79 Å². The van der Waals surface area contributed by atoms with Gasteiger partial charge < -0.3 is 25.1 Å². The Kier molecular flexibility index (Phi) is 6.93. The predicted octanol–water partition coefficient (Wildman–Crippen LogP) is 4.26. The second-order valence-corrected chi connectivity index (χ2v) is 9.32. The van der Waals surface area contributed by atoms with Gasteiger partial charge in [-0.1, -0.05) is 11.6 Å². The van der Waals surface area contributed by atoms with Gasteiger partial charge in [-0.2, -0.15) is 0 Å². The first-order valence-electron chi connectivity index (χ1n) is 10.2. The van der Waals surface area contributed by atoms with Gasteiger partial charge in [0.25, 0.3) is 5.91 Å². The molecule has 164 valence electrons. The molecular formula is C22H30ClN3O4. The monoisotopic (exact) mass is 435 g/mol. The molecule has 0 saturated heterocycles. The average molecular weight is 436 g/mol. The summed E-state index contributed by atoms with van der Waals surface area (Å²) in [5.74, 6) is 0.104. The fourth-order valence-electron chi connectivity index (χ4n) is 3.91. The fourth-order valence-corrected chi connectivity index (χ4v) is 4.09. The minimum absolute atomic E-state index is 0.201. The van der Waals surface area contributed by atoms with Gasteiger partial charge in [-0.25, -0.2) is 4.79 Å². The van der Waals surface area contributed by atoms with Crippen LogP contribution in [0, 0.1) is 5.92 Å². The highest BCUT2D eigenvalue weighted by atomic mass is 35.5. The molecule has 0 radical (unpaired) electrons. The van der Waals surface area contributed by atoms with Crippen molar-refractivity contribution in [1.82, 2.24) is 15.6 Å². The summed E-state index contributed by atoms with van der Waals surface area (Å²) >= 11 is 6.04. The van der Waals surface area contributed by atoms with Gasteiger partial charge in [0, 0.05) is 35.7 Å². The smallest absolute Gasteiger partial charge is 0.407 e. The normalized spacial score (nSPS) is 22.0. The number of aromatic amines is 1.